The summed E-state index contributed by atoms with van der Waals surface area (Å²) < 4.78 is 62.2. The van der Waals surface area contributed by atoms with Crippen molar-refractivity contribution in [3.63, 3.8) is 0 Å². The number of anilines is 3. The van der Waals surface area contributed by atoms with Crippen molar-refractivity contribution < 1.29 is 101 Å². The van der Waals surface area contributed by atoms with Crippen LogP contribution in [0.1, 0.15) is 136 Å². The zero-order valence-electron chi connectivity index (χ0n) is 75.2. The van der Waals surface area contributed by atoms with Crippen LogP contribution in [0.25, 0.3) is 44.3 Å². The Morgan fingerprint density at radius 2 is 0.784 bits per heavy atom. The number of nitrogens with zero attached hydrogens (tertiary/aromatic N) is 15. The summed E-state index contributed by atoms with van der Waals surface area (Å²) in [5.41, 5.74) is 6.93. The van der Waals surface area contributed by atoms with Crippen LogP contribution in [0.15, 0.2) is 202 Å². The summed E-state index contributed by atoms with van der Waals surface area (Å²) in [4.78, 5) is 159. The monoisotopic (exact) mass is 1900 g/mol. The highest BCUT2D eigenvalue weighted by Gasteiger charge is 2.62. The van der Waals surface area contributed by atoms with Gasteiger partial charge in [0.15, 0.2) is 107 Å². The first-order valence-corrected chi connectivity index (χ1v) is 46.7. The number of likely N-dealkylation sites (tertiary alicyclic amines) is 3. The van der Waals surface area contributed by atoms with Crippen LogP contribution < -0.4 is 31.9 Å². The van der Waals surface area contributed by atoms with Crippen molar-refractivity contribution in [3.05, 3.63) is 230 Å². The molecule has 15 heterocycles. The topological polar surface area (TPSA) is 510 Å². The molecule has 9 saturated heterocycles. The fourth-order valence-electron chi connectivity index (χ4n) is 19.8. The first kappa shape index (κ1) is 92.2. The van der Waals surface area contributed by atoms with Crippen LogP contribution in [0.5, 0.6) is 0 Å². The zero-order chi connectivity index (χ0) is 95.5. The maximum atomic E-state index is 13.9. The van der Waals surface area contributed by atoms with Gasteiger partial charge in [-0.2, -0.15) is 0 Å². The SMILES string of the molecule is CCCCCCNC(=O)Nc1ncnc2c1ncn2C1OC(C(=O)N2CCCC2C(=O)O)C2OC(Cc3ccccc3)OC21.O=C(NCc1ccccc1)Nc1ncnc2c1ncn2C1OC(C(=O)N2CCCC2C(=O)O)C2OC(c3ccc4ccccc4c3)OC21.O=C(Nc1ncnc2c1ncn2C1OC(C(=O)N2CCCC2C(=O)O)C2OC(Cc3ccccc3)OC21)NC1CC1c1ccccc1. The van der Waals surface area contributed by atoms with Gasteiger partial charge in [0.25, 0.3) is 17.7 Å². The lowest BCUT2D eigenvalue weighted by molar-refractivity contribution is -0.171. The first-order valence-electron chi connectivity index (χ1n) is 46.7. The van der Waals surface area contributed by atoms with Gasteiger partial charge in [-0.25, -0.2) is 73.6 Å². The molecule has 22 rings (SSSR count). The number of aliphatic carboxylic acids is 3. The third-order valence-corrected chi connectivity index (χ3v) is 26.6. The Kier molecular flexibility index (Phi) is 27.0. The molecular weight excluding hydrogens is 1800 g/mol. The van der Waals surface area contributed by atoms with E-state index in [1.807, 2.05) is 152 Å². The molecule has 9 amide bonds. The van der Waals surface area contributed by atoms with Crippen molar-refractivity contribution in [1.82, 2.24) is 89.2 Å². The van der Waals surface area contributed by atoms with Crippen molar-refractivity contribution in [2.24, 2.45) is 0 Å². The molecule has 20 atom stereocenters. The van der Waals surface area contributed by atoms with Crippen molar-refractivity contribution in [3.8, 4) is 0 Å². The van der Waals surface area contributed by atoms with Gasteiger partial charge in [0.1, 0.15) is 73.7 Å². The van der Waals surface area contributed by atoms with E-state index in [0.29, 0.717) is 118 Å². The molecule has 9 N–H and O–H groups in total. The number of carboxylic acids is 3. The second-order valence-electron chi connectivity index (χ2n) is 35.5. The van der Waals surface area contributed by atoms with E-state index in [1.165, 1.54) is 58.2 Å². The molecule has 0 bridgehead atoms. The molecule has 10 aliphatic rings. The second kappa shape index (κ2) is 40.7. The Morgan fingerprint density at radius 3 is 1.24 bits per heavy atom. The first-order chi connectivity index (χ1) is 67.8. The molecule has 20 unspecified atom stereocenters. The van der Waals surface area contributed by atoms with Gasteiger partial charge in [0.05, 0.1) is 19.0 Å². The van der Waals surface area contributed by atoms with Crippen molar-refractivity contribution in [2.75, 3.05) is 42.1 Å². The van der Waals surface area contributed by atoms with E-state index in [2.05, 4.69) is 95.8 Å². The summed E-state index contributed by atoms with van der Waals surface area (Å²) in [5, 5.41) is 48.2. The van der Waals surface area contributed by atoms with Crippen LogP contribution in [0.2, 0.25) is 0 Å². The molecule has 6 aromatic carbocycles. The van der Waals surface area contributed by atoms with Gasteiger partial charge in [0, 0.05) is 63.1 Å². The number of fused-ring (bicyclic) bond motifs is 7. The Labute approximate surface area is 793 Å². The summed E-state index contributed by atoms with van der Waals surface area (Å²) in [5.74, 6) is -3.64. The number of amides is 9. The van der Waals surface area contributed by atoms with E-state index >= 15 is 0 Å². The number of carbonyl (C=O) groups is 9. The molecule has 42 heteroatoms. The minimum absolute atomic E-state index is 0.0188. The number of urea groups is 3. The smallest absolute Gasteiger partial charge is 0.326 e. The minimum atomic E-state index is -1.15. The number of nitrogens with one attached hydrogen (secondary N) is 6. The Bertz CT molecular complexity index is 6530. The molecule has 42 nitrogen and oxygen atoms in total. The van der Waals surface area contributed by atoms with Crippen LogP contribution >= 0.6 is 0 Å². The number of unbranched alkanes of at least 4 members (excludes halogenated alkanes) is 3. The maximum Gasteiger partial charge on any atom is 0.326 e. The number of rotatable bonds is 26. The van der Waals surface area contributed by atoms with Crippen LogP contribution in [-0.2, 0) is 90.8 Å². The molecule has 6 aromatic heterocycles. The predicted octanol–water partition coefficient (Wildman–Crippen LogP) is 9.44. The largest absolute Gasteiger partial charge is 0.480 e. The summed E-state index contributed by atoms with van der Waals surface area (Å²) in [6, 6.07) is 48.7. The van der Waals surface area contributed by atoms with E-state index in [1.54, 1.807) is 13.7 Å². The number of carboxylic acid groups (broad SMARTS) is 3. The lowest BCUT2D eigenvalue weighted by Gasteiger charge is -2.27. The van der Waals surface area contributed by atoms with Gasteiger partial charge in [0.2, 0.25) is 0 Å². The standard InChI is InChI=1S/C34H31N7O7.C33H33N7O7.C30H37N7O7/c42-30(40-14-6-11-23(40)32(43)44)26-25-27(48-33(47-25)22-13-12-20-9-4-5-10-21(20)15-22)31(46-26)41-18-38-24-28(36-17-37-29(24)41)39-34(45)35-16-19-7-2-1-3-8-19;41-30(39-13-7-12-22(39)32(42)43)26-25-27(46-23(45-25)14-18-8-3-1-4-9-18)31(47-26)40-17-36-24-28(34-16-35-29(24)40)38-33(44)37-21-15-20(21)19-10-5-2-6-11-19;1-2-3-4-8-13-31-30(41)35-25-21-26(33-16-32-25)37(17-34-21)28-24-22(42-20(43-24)15-18-10-6-5-7-11-18)23(44-28)27(38)36-14-9-12-19(36)29(39)40/h1-5,7-10,12-13,15,17-18,23,25-27,31,33H,6,11,14,16H2,(H,43,44)(H2,35,36,37,39,45);1-6,8-11,16-17,20-23,25-27,31H,7,12-15H2,(H,42,43)(H2,34,35,37,38,44);5-7,10-11,16-17,19-20,22-24,28H,2-4,8-9,12-15H2,1H3,(H,39,40)(H2,31,32,33,35,41). The average Bonchev–Trinajstić information content (AvgIpc) is 1.58. The number of imidazole rings is 3. The molecular formula is C97H101N21O21. The summed E-state index contributed by atoms with van der Waals surface area (Å²) in [7, 11) is 0. The van der Waals surface area contributed by atoms with Gasteiger partial charge < -0.3 is 88.6 Å². The molecule has 1 aliphatic carbocycles. The summed E-state index contributed by atoms with van der Waals surface area (Å²) >= 11 is 0. The third-order valence-electron chi connectivity index (χ3n) is 26.6. The molecule has 720 valence electrons. The third kappa shape index (κ3) is 19.4. The number of aromatic nitrogens is 12. The van der Waals surface area contributed by atoms with Crippen molar-refractivity contribution in [1.29, 1.82) is 0 Å². The molecule has 0 spiro atoms. The zero-order valence-corrected chi connectivity index (χ0v) is 75.2. The van der Waals surface area contributed by atoms with Crippen LogP contribution in [0.3, 0.4) is 0 Å². The van der Waals surface area contributed by atoms with E-state index in [0.717, 1.165) is 65.1 Å². The van der Waals surface area contributed by atoms with Crippen LogP contribution in [0.4, 0.5) is 31.8 Å². The lowest BCUT2D eigenvalue weighted by Crippen LogP contribution is -2.49. The number of carbonyl (C=O) groups excluding carboxylic acids is 6. The molecule has 1 saturated carbocycles. The minimum Gasteiger partial charge on any atom is -0.480 e. The van der Waals surface area contributed by atoms with E-state index in [-0.39, 0.29) is 29.4 Å². The summed E-state index contributed by atoms with van der Waals surface area (Å²) in [6.45, 7) is 3.93. The normalized spacial score (nSPS) is 26.9. The van der Waals surface area contributed by atoms with Gasteiger partial charge >= 0.3 is 36.0 Å². The highest BCUT2D eigenvalue weighted by atomic mass is 16.8. The fraction of sp³-hybridized carbons (Fsp3) is 0.402. The fourth-order valence-corrected chi connectivity index (χ4v) is 19.8. The molecule has 10 fully saturated rings. The number of hydrogen-bond acceptors (Lipinski definition) is 27. The van der Waals surface area contributed by atoms with Gasteiger partial charge in [-0.3, -0.25) is 44.0 Å². The van der Waals surface area contributed by atoms with E-state index < -0.39 is 164 Å². The molecule has 9 aliphatic heterocycles. The Morgan fingerprint density at radius 1 is 0.388 bits per heavy atom. The predicted molar refractivity (Wildman–Crippen MR) is 492 cm³/mol. The van der Waals surface area contributed by atoms with Gasteiger partial charge in [-0.15, -0.1) is 0 Å². The lowest BCUT2D eigenvalue weighted by atomic mass is 10.1. The molecule has 12 aromatic rings. The van der Waals surface area contributed by atoms with Crippen LogP contribution in [0, 0.1) is 0 Å². The Hall–Kier alpha value is -14.5. The van der Waals surface area contributed by atoms with Crippen molar-refractivity contribution >= 4 is 115 Å². The highest BCUT2D eigenvalue weighted by Crippen LogP contribution is 2.49. The van der Waals surface area contributed by atoms with Crippen molar-refractivity contribution in [2.45, 2.75) is 220 Å². The summed E-state index contributed by atoms with van der Waals surface area (Å²) in [6.07, 6.45) is 4.45. The van der Waals surface area contributed by atoms with Gasteiger partial charge in [-0.05, 0) is 90.5 Å². The molecule has 0 radical (unpaired) electrons. The molecule has 139 heavy (non-hydrogen) atoms. The number of benzene rings is 6. The highest BCUT2D eigenvalue weighted by molar-refractivity contribution is 5.99. The quantitative estimate of drug-likeness (QED) is 0.0228. The number of ether oxygens (including phenoxy) is 9. The average molecular weight is 1900 g/mol. The maximum absolute atomic E-state index is 13.9. The van der Waals surface area contributed by atoms with Gasteiger partial charge in [-0.1, -0.05) is 184 Å². The van der Waals surface area contributed by atoms with E-state index in [9.17, 15) is 58.5 Å². The van der Waals surface area contributed by atoms with E-state index in [4.69, 9.17) is 42.6 Å². The second-order valence-corrected chi connectivity index (χ2v) is 35.5. The Balaban J connectivity index is 0.000000128. The van der Waals surface area contributed by atoms with Crippen LogP contribution in [-0.4, -0.2) is 260 Å². The number of hydrogen-bond donors (Lipinski definition) is 9.